The second-order valence-electron chi connectivity index (χ2n) is 5.58. The van der Waals surface area contributed by atoms with E-state index in [2.05, 4.69) is 10.6 Å². The minimum absolute atomic E-state index is 0.133. The molecule has 1 aliphatic rings. The van der Waals surface area contributed by atoms with Crippen molar-refractivity contribution in [2.45, 2.75) is 6.42 Å². The molecule has 8 heteroatoms. The number of amides is 2. The van der Waals surface area contributed by atoms with E-state index in [-0.39, 0.29) is 24.7 Å². The largest absolute Gasteiger partial charge is 0.346 e. The second kappa shape index (κ2) is 7.98. The Morgan fingerprint density at radius 1 is 1.26 bits per heavy atom. The van der Waals surface area contributed by atoms with E-state index in [0.29, 0.717) is 12.5 Å². The van der Waals surface area contributed by atoms with Gasteiger partial charge in [0.2, 0.25) is 11.8 Å². The Morgan fingerprint density at radius 2 is 2.04 bits per heavy atom. The van der Waals surface area contributed by atoms with Crippen LogP contribution in [0.2, 0.25) is 0 Å². The van der Waals surface area contributed by atoms with E-state index in [1.807, 2.05) is 4.90 Å². The normalized spacial score (nSPS) is 18.0. The van der Waals surface area contributed by atoms with Gasteiger partial charge in [-0.25, -0.2) is 8.78 Å². The van der Waals surface area contributed by atoms with Gasteiger partial charge in [-0.1, -0.05) is 0 Å². The van der Waals surface area contributed by atoms with Crippen LogP contribution in [0.25, 0.3) is 0 Å². The van der Waals surface area contributed by atoms with Crippen LogP contribution in [0, 0.1) is 17.6 Å². The first-order valence-corrected chi connectivity index (χ1v) is 7.42. The fourth-order valence-corrected chi connectivity index (χ4v) is 2.47. The fraction of sp³-hybridized carbons (Fsp3) is 0.467. The molecule has 1 fully saturated rings. The Kier molecular flexibility index (Phi) is 6.00. The molecular formula is C15H20F2N4O2. The van der Waals surface area contributed by atoms with Crippen LogP contribution < -0.4 is 16.4 Å². The molecule has 6 nitrogen and oxygen atoms in total. The molecule has 1 heterocycles. The van der Waals surface area contributed by atoms with E-state index in [4.69, 9.17) is 5.73 Å². The molecule has 0 radical (unpaired) electrons. The molecular weight excluding hydrogens is 306 g/mol. The van der Waals surface area contributed by atoms with Gasteiger partial charge in [0, 0.05) is 18.3 Å². The molecule has 2 amide bonds. The number of rotatable bonds is 6. The highest BCUT2D eigenvalue weighted by Gasteiger charge is 2.22. The summed E-state index contributed by atoms with van der Waals surface area (Å²) >= 11 is 0. The van der Waals surface area contributed by atoms with E-state index < -0.39 is 17.5 Å². The highest BCUT2D eigenvalue weighted by atomic mass is 19.2. The van der Waals surface area contributed by atoms with Gasteiger partial charge in [-0.15, -0.1) is 0 Å². The van der Waals surface area contributed by atoms with Gasteiger partial charge in [0.15, 0.2) is 11.6 Å². The Morgan fingerprint density at radius 3 is 2.70 bits per heavy atom. The first-order valence-electron chi connectivity index (χ1n) is 7.42. The molecule has 1 aromatic rings. The average Bonchev–Trinajstić information content (AvgIpc) is 2.96. The van der Waals surface area contributed by atoms with Crippen molar-refractivity contribution in [3.63, 3.8) is 0 Å². The standard InChI is InChI=1S/C15H20F2N4O2/c16-12-2-1-11(5-13(12)17)20-14(22)7-19-15(23)9-21-4-3-10(6-18)8-21/h1-2,5,10H,3-4,6-9,18H2,(H,19,23)(H,20,22)/t10-/m0/s1. The maximum atomic E-state index is 13.0. The molecule has 1 atom stereocenters. The lowest BCUT2D eigenvalue weighted by Crippen LogP contribution is -2.40. The molecule has 4 N–H and O–H groups in total. The van der Waals surface area contributed by atoms with E-state index >= 15 is 0 Å². The van der Waals surface area contributed by atoms with E-state index in [1.54, 1.807) is 0 Å². The van der Waals surface area contributed by atoms with Crippen LogP contribution in [0.3, 0.4) is 0 Å². The summed E-state index contributed by atoms with van der Waals surface area (Å²) < 4.78 is 25.8. The maximum absolute atomic E-state index is 13.0. The predicted molar refractivity (Wildman–Crippen MR) is 81.6 cm³/mol. The lowest BCUT2D eigenvalue weighted by Gasteiger charge is -2.15. The van der Waals surface area contributed by atoms with Gasteiger partial charge >= 0.3 is 0 Å². The van der Waals surface area contributed by atoms with E-state index in [0.717, 1.165) is 31.6 Å². The van der Waals surface area contributed by atoms with Crippen molar-refractivity contribution >= 4 is 17.5 Å². The number of nitrogens with two attached hydrogens (primary N) is 1. The number of hydrogen-bond donors (Lipinski definition) is 3. The van der Waals surface area contributed by atoms with Crippen molar-refractivity contribution in [2.24, 2.45) is 11.7 Å². The summed E-state index contributed by atoms with van der Waals surface area (Å²) in [6.07, 6.45) is 0.973. The van der Waals surface area contributed by atoms with Crippen molar-refractivity contribution in [1.82, 2.24) is 10.2 Å². The zero-order valence-electron chi connectivity index (χ0n) is 12.6. The summed E-state index contributed by atoms with van der Waals surface area (Å²) in [6.45, 7) is 2.19. The molecule has 0 saturated carbocycles. The highest BCUT2D eigenvalue weighted by Crippen LogP contribution is 2.14. The monoisotopic (exact) mass is 326 g/mol. The molecule has 0 aromatic heterocycles. The Labute approximate surface area is 133 Å². The van der Waals surface area contributed by atoms with Gasteiger partial charge in [-0.05, 0) is 37.6 Å². The molecule has 0 spiro atoms. The first-order chi connectivity index (χ1) is 11.0. The molecule has 1 aliphatic heterocycles. The summed E-state index contributed by atoms with van der Waals surface area (Å²) in [6, 6.07) is 3.05. The first kappa shape index (κ1) is 17.3. The number of carbonyl (C=O) groups is 2. The van der Waals surface area contributed by atoms with Gasteiger partial charge in [0.25, 0.3) is 0 Å². The number of likely N-dealkylation sites (tertiary alicyclic amines) is 1. The molecule has 0 aliphatic carbocycles. The number of halogens is 2. The van der Waals surface area contributed by atoms with E-state index in [9.17, 15) is 18.4 Å². The number of nitrogens with zero attached hydrogens (tertiary/aromatic N) is 1. The van der Waals surface area contributed by atoms with Crippen LogP contribution >= 0.6 is 0 Å². The Hall–Kier alpha value is -2.06. The van der Waals surface area contributed by atoms with Crippen LogP contribution in [-0.2, 0) is 9.59 Å². The fourth-order valence-electron chi connectivity index (χ4n) is 2.47. The van der Waals surface area contributed by atoms with Crippen LogP contribution in [0.4, 0.5) is 14.5 Å². The van der Waals surface area contributed by atoms with Crippen molar-refractivity contribution < 1.29 is 18.4 Å². The number of nitrogens with one attached hydrogen (secondary N) is 2. The zero-order chi connectivity index (χ0) is 16.8. The molecule has 0 bridgehead atoms. The van der Waals surface area contributed by atoms with Crippen molar-refractivity contribution in [3.05, 3.63) is 29.8 Å². The summed E-state index contributed by atoms with van der Waals surface area (Å²) in [4.78, 5) is 25.4. The molecule has 2 rings (SSSR count). The van der Waals surface area contributed by atoms with Gasteiger partial charge in [-0.3, -0.25) is 14.5 Å². The molecule has 126 valence electrons. The van der Waals surface area contributed by atoms with Crippen LogP contribution in [-0.4, -0.2) is 49.4 Å². The van der Waals surface area contributed by atoms with E-state index in [1.165, 1.54) is 6.07 Å². The lowest BCUT2D eigenvalue weighted by molar-refractivity contribution is -0.124. The van der Waals surface area contributed by atoms with Crippen molar-refractivity contribution in [3.8, 4) is 0 Å². The van der Waals surface area contributed by atoms with Gasteiger partial charge in [0.05, 0.1) is 13.1 Å². The zero-order valence-corrected chi connectivity index (χ0v) is 12.6. The number of anilines is 1. The predicted octanol–water partition coefficient (Wildman–Crippen LogP) is 0.300. The molecule has 1 saturated heterocycles. The molecule has 1 aromatic carbocycles. The summed E-state index contributed by atoms with van der Waals surface area (Å²) in [5.41, 5.74) is 5.72. The Bertz CT molecular complexity index is 583. The second-order valence-corrected chi connectivity index (χ2v) is 5.58. The molecule has 0 unspecified atom stereocenters. The minimum Gasteiger partial charge on any atom is -0.346 e. The van der Waals surface area contributed by atoms with Gasteiger partial charge in [0.1, 0.15) is 0 Å². The quantitative estimate of drug-likeness (QED) is 0.702. The number of carbonyl (C=O) groups excluding carboxylic acids is 2. The average molecular weight is 326 g/mol. The smallest absolute Gasteiger partial charge is 0.243 e. The third-order valence-electron chi connectivity index (χ3n) is 3.72. The van der Waals surface area contributed by atoms with Crippen LogP contribution in [0.1, 0.15) is 6.42 Å². The van der Waals surface area contributed by atoms with Crippen molar-refractivity contribution in [1.29, 1.82) is 0 Å². The maximum Gasteiger partial charge on any atom is 0.243 e. The summed E-state index contributed by atoms with van der Waals surface area (Å²) in [7, 11) is 0. The number of hydrogen-bond acceptors (Lipinski definition) is 4. The summed E-state index contributed by atoms with van der Waals surface area (Å²) in [5.74, 6) is -2.39. The topological polar surface area (TPSA) is 87.5 Å². The van der Waals surface area contributed by atoms with Crippen LogP contribution in [0.15, 0.2) is 18.2 Å². The SMILES string of the molecule is NC[C@@H]1CCN(CC(=O)NCC(=O)Nc2ccc(F)c(F)c2)C1. The lowest BCUT2D eigenvalue weighted by atomic mass is 10.1. The number of benzene rings is 1. The molecule has 23 heavy (non-hydrogen) atoms. The summed E-state index contributed by atoms with van der Waals surface area (Å²) in [5, 5.41) is 4.88. The minimum atomic E-state index is -1.05. The van der Waals surface area contributed by atoms with Crippen LogP contribution in [0.5, 0.6) is 0 Å². The third-order valence-corrected chi connectivity index (χ3v) is 3.72. The van der Waals surface area contributed by atoms with Crippen molar-refractivity contribution in [2.75, 3.05) is 38.0 Å². The third kappa shape index (κ3) is 5.26. The highest BCUT2D eigenvalue weighted by molar-refractivity contribution is 5.94. The van der Waals surface area contributed by atoms with Gasteiger partial charge < -0.3 is 16.4 Å². The Balaban J connectivity index is 1.71. The van der Waals surface area contributed by atoms with Gasteiger partial charge in [-0.2, -0.15) is 0 Å².